The van der Waals surface area contributed by atoms with Crippen molar-refractivity contribution in [1.82, 2.24) is 14.8 Å². The van der Waals surface area contributed by atoms with E-state index in [1.165, 1.54) is 6.07 Å². The minimum Gasteiger partial charge on any atom is -0.388 e. The highest BCUT2D eigenvalue weighted by molar-refractivity contribution is 9.10. The van der Waals surface area contributed by atoms with Crippen molar-refractivity contribution in [3.05, 3.63) is 34.3 Å². The molecule has 0 bridgehead atoms. The third kappa shape index (κ3) is 2.99. The molecule has 2 aromatic rings. The smallest absolute Gasteiger partial charge is 0.167 e. The van der Waals surface area contributed by atoms with E-state index in [-0.39, 0.29) is 6.61 Å². The molecule has 102 valence electrons. The predicted molar refractivity (Wildman–Crippen MR) is 70.9 cm³/mol. The number of aliphatic hydroxyl groups excluding tert-OH is 1. The van der Waals surface area contributed by atoms with Crippen LogP contribution in [0.2, 0.25) is 0 Å². The molecule has 19 heavy (non-hydrogen) atoms. The summed E-state index contributed by atoms with van der Waals surface area (Å²) in [5.41, 5.74) is 0.339. The summed E-state index contributed by atoms with van der Waals surface area (Å²) in [4.78, 5) is 0. The third-order valence-electron chi connectivity index (χ3n) is 2.66. The highest BCUT2D eigenvalue weighted by Gasteiger charge is 2.16. The molecule has 0 radical (unpaired) electrons. The van der Waals surface area contributed by atoms with Crippen LogP contribution in [0.4, 0.5) is 4.39 Å². The zero-order valence-electron chi connectivity index (χ0n) is 10.3. The molecule has 1 N–H and O–H groups in total. The van der Waals surface area contributed by atoms with Gasteiger partial charge in [-0.3, -0.25) is 0 Å². The van der Waals surface area contributed by atoms with E-state index in [0.29, 0.717) is 34.8 Å². The van der Waals surface area contributed by atoms with Crippen LogP contribution in [0.15, 0.2) is 22.7 Å². The van der Waals surface area contributed by atoms with Gasteiger partial charge in [0.15, 0.2) is 11.6 Å². The van der Waals surface area contributed by atoms with E-state index in [1.807, 2.05) is 0 Å². The van der Waals surface area contributed by atoms with Crippen LogP contribution in [-0.2, 0) is 17.9 Å². The molecule has 1 aromatic heterocycles. The Labute approximate surface area is 118 Å². The molecule has 0 saturated carbocycles. The molecule has 7 heteroatoms. The lowest BCUT2D eigenvalue weighted by molar-refractivity contribution is 0.183. The summed E-state index contributed by atoms with van der Waals surface area (Å²) in [5, 5.41) is 17.0. The Balaban J connectivity index is 2.46. The summed E-state index contributed by atoms with van der Waals surface area (Å²) in [7, 11) is 1.57. The van der Waals surface area contributed by atoms with Crippen molar-refractivity contribution < 1.29 is 14.2 Å². The lowest BCUT2D eigenvalue weighted by Crippen LogP contribution is -2.10. The van der Waals surface area contributed by atoms with Crippen LogP contribution in [0, 0.1) is 5.82 Å². The standard InChI is InChI=1S/C12H13BrFN3O2/c1-19-5-4-17-11(7-18)15-16-12(17)9-3-2-8(13)6-10(9)14/h2-3,6,18H,4-5,7H2,1H3. The molecule has 0 aliphatic rings. The predicted octanol–water partition coefficient (Wildman–Crippen LogP) is 1.99. The molecule has 5 nitrogen and oxygen atoms in total. The van der Waals surface area contributed by atoms with Gasteiger partial charge in [-0.2, -0.15) is 0 Å². The second-order valence-corrected chi connectivity index (χ2v) is 4.78. The summed E-state index contributed by atoms with van der Waals surface area (Å²) in [6.07, 6.45) is 0. The van der Waals surface area contributed by atoms with Crippen LogP contribution in [0.1, 0.15) is 5.82 Å². The number of nitrogens with zero attached hydrogens (tertiary/aromatic N) is 3. The quantitative estimate of drug-likeness (QED) is 0.911. The van der Waals surface area contributed by atoms with E-state index in [9.17, 15) is 9.50 Å². The fraction of sp³-hybridized carbons (Fsp3) is 0.333. The van der Waals surface area contributed by atoms with Gasteiger partial charge >= 0.3 is 0 Å². The normalized spacial score (nSPS) is 10.9. The number of halogens is 2. The average molecular weight is 330 g/mol. The first kappa shape index (κ1) is 14.1. The fourth-order valence-corrected chi connectivity index (χ4v) is 2.07. The molecule has 1 aromatic carbocycles. The second-order valence-electron chi connectivity index (χ2n) is 3.87. The molecule has 2 rings (SSSR count). The maximum absolute atomic E-state index is 13.9. The number of benzene rings is 1. The molecule has 0 spiro atoms. The van der Waals surface area contributed by atoms with Crippen LogP contribution >= 0.6 is 15.9 Å². The summed E-state index contributed by atoms with van der Waals surface area (Å²) in [6.45, 7) is 0.620. The first-order valence-electron chi connectivity index (χ1n) is 5.64. The summed E-state index contributed by atoms with van der Waals surface area (Å²) in [5.74, 6) is 0.366. The highest BCUT2D eigenvalue weighted by atomic mass is 79.9. The van der Waals surface area contributed by atoms with Gasteiger partial charge in [0, 0.05) is 18.1 Å². The van der Waals surface area contributed by atoms with Crippen molar-refractivity contribution in [3.63, 3.8) is 0 Å². The van der Waals surface area contributed by atoms with Gasteiger partial charge in [-0.05, 0) is 18.2 Å². The minimum atomic E-state index is -0.398. The van der Waals surface area contributed by atoms with Gasteiger partial charge in [0.05, 0.1) is 12.2 Å². The van der Waals surface area contributed by atoms with Crippen molar-refractivity contribution in [1.29, 1.82) is 0 Å². The highest BCUT2D eigenvalue weighted by Crippen LogP contribution is 2.24. The maximum atomic E-state index is 13.9. The molecule has 0 saturated heterocycles. The minimum absolute atomic E-state index is 0.255. The van der Waals surface area contributed by atoms with Crippen LogP contribution in [-0.4, -0.2) is 33.6 Å². The second kappa shape index (κ2) is 6.23. The number of methoxy groups -OCH3 is 1. The van der Waals surface area contributed by atoms with Crippen molar-refractivity contribution >= 4 is 15.9 Å². The monoisotopic (exact) mass is 329 g/mol. The van der Waals surface area contributed by atoms with Crippen LogP contribution < -0.4 is 0 Å². The molecule has 0 unspecified atom stereocenters. The largest absolute Gasteiger partial charge is 0.388 e. The van der Waals surface area contributed by atoms with Crippen molar-refractivity contribution in [2.24, 2.45) is 0 Å². The summed E-state index contributed by atoms with van der Waals surface area (Å²) >= 11 is 3.21. The Morgan fingerprint density at radius 3 is 2.84 bits per heavy atom. The summed E-state index contributed by atoms with van der Waals surface area (Å²) in [6, 6.07) is 4.71. The molecule has 0 atom stereocenters. The van der Waals surface area contributed by atoms with Gasteiger partial charge < -0.3 is 14.4 Å². The maximum Gasteiger partial charge on any atom is 0.167 e. The molecule has 0 aliphatic carbocycles. The Morgan fingerprint density at radius 1 is 1.42 bits per heavy atom. The number of ether oxygens (including phenoxy) is 1. The van der Waals surface area contributed by atoms with E-state index in [4.69, 9.17) is 4.74 Å². The number of hydrogen-bond donors (Lipinski definition) is 1. The Hall–Kier alpha value is -1.31. The first-order chi connectivity index (χ1) is 9.17. The molecular formula is C12H13BrFN3O2. The third-order valence-corrected chi connectivity index (χ3v) is 3.15. The van der Waals surface area contributed by atoms with Gasteiger partial charge in [0.1, 0.15) is 12.4 Å². The molecule has 1 heterocycles. The van der Waals surface area contributed by atoms with Crippen molar-refractivity contribution in [2.45, 2.75) is 13.2 Å². The Bertz CT molecular complexity index is 574. The van der Waals surface area contributed by atoms with E-state index in [2.05, 4.69) is 26.1 Å². The first-order valence-corrected chi connectivity index (χ1v) is 6.44. The SMILES string of the molecule is COCCn1c(CO)nnc1-c1ccc(Br)cc1F. The van der Waals surface area contributed by atoms with Crippen LogP contribution in [0.3, 0.4) is 0 Å². The number of hydrogen-bond acceptors (Lipinski definition) is 4. The zero-order valence-corrected chi connectivity index (χ0v) is 11.9. The van der Waals surface area contributed by atoms with Gasteiger partial charge in [-0.15, -0.1) is 10.2 Å². The van der Waals surface area contributed by atoms with Crippen LogP contribution in [0.5, 0.6) is 0 Å². The molecule has 0 amide bonds. The van der Waals surface area contributed by atoms with E-state index < -0.39 is 5.82 Å². The van der Waals surface area contributed by atoms with Gasteiger partial charge in [0.2, 0.25) is 0 Å². The lowest BCUT2D eigenvalue weighted by Gasteiger charge is -2.09. The van der Waals surface area contributed by atoms with Gasteiger partial charge in [-0.25, -0.2) is 4.39 Å². The van der Waals surface area contributed by atoms with Gasteiger partial charge in [0.25, 0.3) is 0 Å². The topological polar surface area (TPSA) is 60.2 Å². The number of rotatable bonds is 5. The lowest BCUT2D eigenvalue weighted by atomic mass is 10.2. The average Bonchev–Trinajstić information content (AvgIpc) is 2.79. The van der Waals surface area contributed by atoms with E-state index in [0.717, 1.165) is 0 Å². The number of aromatic nitrogens is 3. The molecular weight excluding hydrogens is 317 g/mol. The zero-order chi connectivity index (χ0) is 13.8. The van der Waals surface area contributed by atoms with E-state index >= 15 is 0 Å². The van der Waals surface area contributed by atoms with Crippen molar-refractivity contribution in [3.8, 4) is 11.4 Å². The van der Waals surface area contributed by atoms with Gasteiger partial charge in [-0.1, -0.05) is 15.9 Å². The van der Waals surface area contributed by atoms with Crippen LogP contribution in [0.25, 0.3) is 11.4 Å². The fourth-order valence-electron chi connectivity index (χ4n) is 1.74. The summed E-state index contributed by atoms with van der Waals surface area (Å²) < 4.78 is 21.2. The van der Waals surface area contributed by atoms with E-state index in [1.54, 1.807) is 23.8 Å². The Morgan fingerprint density at radius 2 is 2.21 bits per heavy atom. The number of aliphatic hydroxyl groups is 1. The Kier molecular flexibility index (Phi) is 4.62. The van der Waals surface area contributed by atoms with Crippen molar-refractivity contribution in [2.75, 3.05) is 13.7 Å². The molecule has 0 fully saturated rings. The molecule has 0 aliphatic heterocycles.